The van der Waals surface area contributed by atoms with Crippen molar-refractivity contribution in [1.82, 2.24) is 0 Å². The molecule has 0 radical (unpaired) electrons. The van der Waals surface area contributed by atoms with Gasteiger partial charge in [-0.3, -0.25) is 4.31 Å². The molecule has 0 bridgehead atoms. The summed E-state index contributed by atoms with van der Waals surface area (Å²) in [5.74, 6) is -0.610. The number of sulfonamides is 1. The average Bonchev–Trinajstić information content (AvgIpc) is 2.60. The molecule has 0 aromatic heterocycles. The molecule has 0 amide bonds. The number of thioether (sulfide) groups is 1. The third-order valence-electron chi connectivity index (χ3n) is 3.79. The van der Waals surface area contributed by atoms with Gasteiger partial charge in [0.2, 0.25) is 0 Å². The van der Waals surface area contributed by atoms with Gasteiger partial charge in [0.25, 0.3) is 10.0 Å². The second-order valence-electron chi connectivity index (χ2n) is 6.25. The van der Waals surface area contributed by atoms with Gasteiger partial charge in [-0.2, -0.15) is 11.8 Å². The van der Waals surface area contributed by atoms with Crippen molar-refractivity contribution in [2.45, 2.75) is 36.8 Å². The van der Waals surface area contributed by atoms with Crippen LogP contribution in [0.2, 0.25) is 5.02 Å². The summed E-state index contributed by atoms with van der Waals surface area (Å²) < 4.78 is 55.1. The Morgan fingerprint density at radius 2 is 1.74 bits per heavy atom. The average molecular weight is 434 g/mol. The van der Waals surface area contributed by atoms with Crippen molar-refractivity contribution in [3.63, 3.8) is 0 Å². The fourth-order valence-corrected chi connectivity index (χ4v) is 4.93. The molecule has 0 unspecified atom stereocenters. The van der Waals surface area contributed by atoms with Gasteiger partial charge in [0, 0.05) is 17.6 Å². The second-order valence-corrected chi connectivity index (χ2v) is 10.2. The van der Waals surface area contributed by atoms with Crippen LogP contribution in [-0.2, 0) is 10.0 Å². The SMILES string of the molecule is CC(C)SCCCCN(c1cc(F)ccc1F)S(=O)(=O)c1ccc(Cl)cc1. The third kappa shape index (κ3) is 6.09. The molecule has 0 saturated carbocycles. The molecular formula is C19H22ClF2NO2S2. The predicted molar refractivity (Wildman–Crippen MR) is 109 cm³/mol. The molecule has 0 fully saturated rings. The predicted octanol–water partition coefficient (Wildman–Crippen LogP) is 5.74. The molecule has 3 nitrogen and oxygen atoms in total. The van der Waals surface area contributed by atoms with E-state index in [9.17, 15) is 17.2 Å². The highest BCUT2D eigenvalue weighted by Crippen LogP contribution is 2.28. The van der Waals surface area contributed by atoms with Crippen LogP contribution in [-0.4, -0.2) is 26.0 Å². The highest BCUT2D eigenvalue weighted by molar-refractivity contribution is 7.99. The van der Waals surface area contributed by atoms with Crippen molar-refractivity contribution < 1.29 is 17.2 Å². The first-order valence-electron chi connectivity index (χ1n) is 8.57. The van der Waals surface area contributed by atoms with Crippen molar-refractivity contribution >= 4 is 39.1 Å². The lowest BCUT2D eigenvalue weighted by atomic mass is 10.2. The number of hydrogen-bond donors (Lipinski definition) is 0. The molecule has 148 valence electrons. The smallest absolute Gasteiger partial charge is 0.263 e. The molecule has 0 aliphatic carbocycles. The lowest BCUT2D eigenvalue weighted by molar-refractivity contribution is 0.578. The molecule has 0 aliphatic heterocycles. The molecule has 0 saturated heterocycles. The maximum absolute atomic E-state index is 14.3. The number of unbranched alkanes of at least 4 members (excludes halogenated alkanes) is 1. The number of rotatable bonds is 9. The van der Waals surface area contributed by atoms with Crippen molar-refractivity contribution in [1.29, 1.82) is 0 Å². The number of anilines is 1. The molecule has 2 aromatic carbocycles. The summed E-state index contributed by atoms with van der Waals surface area (Å²) in [4.78, 5) is -0.0212. The summed E-state index contributed by atoms with van der Waals surface area (Å²) in [6, 6.07) is 8.43. The minimum atomic E-state index is -4.05. The van der Waals surface area contributed by atoms with E-state index in [-0.39, 0.29) is 17.1 Å². The summed E-state index contributed by atoms with van der Waals surface area (Å²) in [5.41, 5.74) is -0.290. The van der Waals surface area contributed by atoms with Gasteiger partial charge in [-0.1, -0.05) is 25.4 Å². The molecule has 0 aliphatic rings. The van der Waals surface area contributed by atoms with Crippen molar-refractivity contribution in [3.05, 3.63) is 59.1 Å². The van der Waals surface area contributed by atoms with Crippen LogP contribution in [0.25, 0.3) is 0 Å². The van der Waals surface area contributed by atoms with Crippen LogP contribution < -0.4 is 4.31 Å². The Balaban J connectivity index is 2.31. The minimum Gasteiger partial charge on any atom is -0.263 e. The highest BCUT2D eigenvalue weighted by Gasteiger charge is 2.27. The van der Waals surface area contributed by atoms with Gasteiger partial charge >= 0.3 is 0 Å². The van der Waals surface area contributed by atoms with Crippen molar-refractivity contribution in [3.8, 4) is 0 Å². The van der Waals surface area contributed by atoms with Crippen molar-refractivity contribution in [2.24, 2.45) is 0 Å². The van der Waals surface area contributed by atoms with Gasteiger partial charge < -0.3 is 0 Å². The molecule has 0 spiro atoms. The molecule has 0 atom stereocenters. The van der Waals surface area contributed by atoms with E-state index in [1.807, 2.05) is 0 Å². The zero-order valence-corrected chi connectivity index (χ0v) is 17.6. The normalized spacial score (nSPS) is 11.8. The maximum atomic E-state index is 14.3. The quantitative estimate of drug-likeness (QED) is 0.473. The topological polar surface area (TPSA) is 37.4 Å². The van der Waals surface area contributed by atoms with Crippen LogP contribution in [0.5, 0.6) is 0 Å². The maximum Gasteiger partial charge on any atom is 0.264 e. The molecule has 2 aromatic rings. The van der Waals surface area contributed by atoms with E-state index in [0.29, 0.717) is 16.7 Å². The minimum absolute atomic E-state index is 0.0212. The fraction of sp³-hybridized carbons (Fsp3) is 0.368. The van der Waals surface area contributed by atoms with E-state index in [2.05, 4.69) is 13.8 Å². The Morgan fingerprint density at radius 3 is 2.37 bits per heavy atom. The number of benzene rings is 2. The third-order valence-corrected chi connectivity index (χ3v) is 7.06. The van der Waals surface area contributed by atoms with Crippen LogP contribution in [0.3, 0.4) is 0 Å². The Labute approximate surface area is 168 Å². The van der Waals surface area contributed by atoms with E-state index < -0.39 is 21.7 Å². The molecule has 0 N–H and O–H groups in total. The Kier molecular flexibility index (Phi) is 7.94. The number of hydrogen-bond acceptors (Lipinski definition) is 3. The number of nitrogens with zero attached hydrogens (tertiary/aromatic N) is 1. The lowest BCUT2D eigenvalue weighted by Gasteiger charge is -2.25. The molecule has 27 heavy (non-hydrogen) atoms. The van der Waals surface area contributed by atoms with Crippen LogP contribution in [0.1, 0.15) is 26.7 Å². The Morgan fingerprint density at radius 1 is 1.07 bits per heavy atom. The fourth-order valence-electron chi connectivity index (χ4n) is 2.46. The van der Waals surface area contributed by atoms with Crippen LogP contribution >= 0.6 is 23.4 Å². The summed E-state index contributed by atoms with van der Waals surface area (Å²) in [5, 5.41) is 0.878. The van der Waals surface area contributed by atoms with E-state index >= 15 is 0 Å². The van der Waals surface area contributed by atoms with E-state index in [0.717, 1.165) is 34.7 Å². The standard InChI is InChI=1S/C19H22ClF2NO2S2/c1-14(2)26-12-4-3-11-23(19-13-16(21)7-10-18(19)22)27(24,25)17-8-5-15(20)6-9-17/h5-10,13-14H,3-4,11-12H2,1-2H3. The zero-order valence-electron chi connectivity index (χ0n) is 15.2. The molecular weight excluding hydrogens is 412 g/mol. The number of halogens is 3. The van der Waals surface area contributed by atoms with Crippen LogP contribution in [0.4, 0.5) is 14.5 Å². The first-order valence-corrected chi connectivity index (χ1v) is 11.4. The van der Waals surface area contributed by atoms with E-state index in [1.54, 1.807) is 11.8 Å². The van der Waals surface area contributed by atoms with Gasteiger partial charge in [-0.05, 0) is 60.2 Å². The van der Waals surface area contributed by atoms with Gasteiger partial charge in [0.15, 0.2) is 0 Å². The first kappa shape index (κ1) is 22.0. The second kappa shape index (κ2) is 9.75. The summed E-state index contributed by atoms with van der Waals surface area (Å²) in [7, 11) is -4.05. The Bertz CT molecular complexity index is 859. The van der Waals surface area contributed by atoms with Gasteiger partial charge in [0.05, 0.1) is 10.6 Å². The molecule has 0 heterocycles. The summed E-state index contributed by atoms with van der Waals surface area (Å²) >= 11 is 7.60. The zero-order chi connectivity index (χ0) is 20.0. The van der Waals surface area contributed by atoms with Gasteiger partial charge in [-0.25, -0.2) is 17.2 Å². The van der Waals surface area contributed by atoms with Crippen molar-refractivity contribution in [2.75, 3.05) is 16.6 Å². The first-order chi connectivity index (χ1) is 12.7. The largest absolute Gasteiger partial charge is 0.264 e. The van der Waals surface area contributed by atoms with Gasteiger partial charge in [-0.15, -0.1) is 0 Å². The van der Waals surface area contributed by atoms with Gasteiger partial charge in [0.1, 0.15) is 11.6 Å². The monoisotopic (exact) mass is 433 g/mol. The molecule has 8 heteroatoms. The Hall–Kier alpha value is -1.31. The summed E-state index contributed by atoms with van der Waals surface area (Å²) in [6.45, 7) is 4.23. The van der Waals surface area contributed by atoms with E-state index in [4.69, 9.17) is 11.6 Å². The highest BCUT2D eigenvalue weighted by atomic mass is 35.5. The summed E-state index contributed by atoms with van der Waals surface area (Å²) in [6.07, 6.45) is 1.30. The lowest BCUT2D eigenvalue weighted by Crippen LogP contribution is -2.33. The van der Waals surface area contributed by atoms with Crippen LogP contribution in [0.15, 0.2) is 47.4 Å². The van der Waals surface area contributed by atoms with E-state index in [1.165, 1.54) is 24.3 Å². The van der Waals surface area contributed by atoms with Crippen LogP contribution in [0, 0.1) is 11.6 Å². The molecule has 2 rings (SSSR count).